The maximum Gasteiger partial charge on any atom is 0.472 e. The molecular weight excluding hydrogens is 1270 g/mol. The van der Waals surface area contributed by atoms with E-state index in [1.807, 2.05) is 0 Å². The third-order valence-corrected chi connectivity index (χ3v) is 20.1. The van der Waals surface area contributed by atoms with Crippen LogP contribution in [0.2, 0.25) is 0 Å². The summed E-state index contributed by atoms with van der Waals surface area (Å²) in [5.41, 5.74) is 0. The molecule has 19 heteroatoms. The van der Waals surface area contributed by atoms with E-state index in [-0.39, 0.29) is 25.7 Å². The predicted octanol–water partition coefficient (Wildman–Crippen LogP) is 23.1. The number of aliphatic hydroxyl groups is 1. The van der Waals surface area contributed by atoms with Crippen LogP contribution < -0.4 is 0 Å². The van der Waals surface area contributed by atoms with Crippen molar-refractivity contribution in [2.45, 2.75) is 426 Å². The SMILES string of the molecule is CCCCCCCCCCCCCCCCCCCCCC(=O)O[C@H](COC(=O)CCCCCCCCCCCCCCCCCCC)COP(=O)(O)OC[C@@H](O)COP(=O)(O)OC[C@@H](COC(=O)CCCCCCCCC(C)C)OC(=O)CCCCCCCCCCCC(C)C. The van der Waals surface area contributed by atoms with Gasteiger partial charge in [-0.05, 0) is 37.5 Å². The van der Waals surface area contributed by atoms with Gasteiger partial charge < -0.3 is 33.8 Å². The van der Waals surface area contributed by atoms with Gasteiger partial charge >= 0.3 is 39.5 Å². The molecule has 0 saturated heterocycles. The third-order valence-electron chi connectivity index (χ3n) is 18.2. The van der Waals surface area contributed by atoms with Crippen molar-refractivity contribution in [2.24, 2.45) is 11.8 Å². The first-order chi connectivity index (χ1) is 46.9. The van der Waals surface area contributed by atoms with Crippen LogP contribution in [0.3, 0.4) is 0 Å². The van der Waals surface area contributed by atoms with Crippen molar-refractivity contribution in [1.82, 2.24) is 0 Å². The number of unbranched alkanes of at least 4 members (excludes halogenated alkanes) is 47. The standard InChI is InChI=1S/C78H152O17P2/c1-7-9-11-13-15-17-19-21-23-25-26-28-30-32-34-38-42-50-56-62-77(82)94-73(66-88-75(80)60-54-48-41-37-33-31-29-27-24-22-20-18-16-14-12-10-8-2)68-92-96(84,85)90-64-72(79)65-91-97(86,87)93-69-74(67-89-76(81)61-55-49-45-44-47-53-59-71(5)6)95-78(83)63-57-51-43-39-35-36-40-46-52-58-70(3)4/h70-74,79H,7-69H2,1-6H3,(H,84,85)(H,86,87)/t72-,73-,74-/m1/s1. The van der Waals surface area contributed by atoms with E-state index in [0.29, 0.717) is 31.6 Å². The molecule has 0 aliphatic heterocycles. The highest BCUT2D eigenvalue weighted by atomic mass is 31.2. The molecule has 0 aromatic heterocycles. The van der Waals surface area contributed by atoms with Crippen LogP contribution >= 0.6 is 15.6 Å². The molecular formula is C78H152O17P2. The summed E-state index contributed by atoms with van der Waals surface area (Å²) in [6.07, 6.45) is 58.5. The van der Waals surface area contributed by atoms with Crippen LogP contribution in [-0.2, 0) is 65.4 Å². The highest BCUT2D eigenvalue weighted by Crippen LogP contribution is 2.45. The second kappa shape index (κ2) is 69.8. The van der Waals surface area contributed by atoms with E-state index in [1.165, 1.54) is 218 Å². The number of carbonyl (C=O) groups excluding carboxylic acids is 4. The molecule has 17 nitrogen and oxygen atoms in total. The first-order valence-corrected chi connectivity index (χ1v) is 43.5. The molecule has 97 heavy (non-hydrogen) atoms. The van der Waals surface area contributed by atoms with Gasteiger partial charge in [0.25, 0.3) is 0 Å². The van der Waals surface area contributed by atoms with Crippen molar-refractivity contribution in [1.29, 1.82) is 0 Å². The zero-order chi connectivity index (χ0) is 71.4. The molecule has 576 valence electrons. The summed E-state index contributed by atoms with van der Waals surface area (Å²) in [5, 5.41) is 10.6. The Morgan fingerprint density at radius 2 is 0.474 bits per heavy atom. The molecule has 0 aliphatic carbocycles. The number of aliphatic hydroxyl groups excluding tert-OH is 1. The van der Waals surface area contributed by atoms with Gasteiger partial charge in [-0.1, -0.05) is 356 Å². The van der Waals surface area contributed by atoms with Gasteiger partial charge in [0.05, 0.1) is 26.4 Å². The Morgan fingerprint density at radius 3 is 0.701 bits per heavy atom. The topological polar surface area (TPSA) is 237 Å². The zero-order valence-corrected chi connectivity index (χ0v) is 65.2. The number of rotatable bonds is 77. The summed E-state index contributed by atoms with van der Waals surface area (Å²) in [6, 6.07) is 0. The molecule has 2 unspecified atom stereocenters. The number of ether oxygens (including phenoxy) is 4. The molecule has 0 saturated carbocycles. The second-order valence-electron chi connectivity index (χ2n) is 29.1. The van der Waals surface area contributed by atoms with Crippen molar-refractivity contribution in [3.05, 3.63) is 0 Å². The normalized spacial score (nSPS) is 14.0. The van der Waals surface area contributed by atoms with Crippen LogP contribution in [0.5, 0.6) is 0 Å². The van der Waals surface area contributed by atoms with Gasteiger partial charge in [0.2, 0.25) is 0 Å². The van der Waals surface area contributed by atoms with Gasteiger partial charge in [-0.25, -0.2) is 9.13 Å². The summed E-state index contributed by atoms with van der Waals surface area (Å²) >= 11 is 0. The molecule has 0 heterocycles. The molecule has 0 amide bonds. The number of phosphoric ester groups is 2. The van der Waals surface area contributed by atoms with Gasteiger partial charge in [0.15, 0.2) is 12.2 Å². The van der Waals surface area contributed by atoms with Crippen molar-refractivity contribution in [2.75, 3.05) is 39.6 Å². The van der Waals surface area contributed by atoms with Crippen LogP contribution in [0.15, 0.2) is 0 Å². The highest BCUT2D eigenvalue weighted by molar-refractivity contribution is 7.47. The number of hydrogen-bond donors (Lipinski definition) is 3. The molecule has 0 bridgehead atoms. The van der Waals surface area contributed by atoms with E-state index >= 15 is 0 Å². The minimum absolute atomic E-state index is 0.104. The van der Waals surface area contributed by atoms with E-state index < -0.39 is 97.5 Å². The first-order valence-electron chi connectivity index (χ1n) is 40.5. The van der Waals surface area contributed by atoms with Crippen LogP contribution in [0.25, 0.3) is 0 Å². The largest absolute Gasteiger partial charge is 0.472 e. The summed E-state index contributed by atoms with van der Waals surface area (Å²) in [6.45, 7) is 9.50. The Morgan fingerprint density at radius 1 is 0.278 bits per heavy atom. The zero-order valence-electron chi connectivity index (χ0n) is 63.4. The number of hydrogen-bond acceptors (Lipinski definition) is 15. The fourth-order valence-electron chi connectivity index (χ4n) is 12.0. The van der Waals surface area contributed by atoms with E-state index in [9.17, 15) is 43.2 Å². The van der Waals surface area contributed by atoms with Gasteiger partial charge in [-0.15, -0.1) is 0 Å². The molecule has 0 aromatic carbocycles. The Bertz CT molecular complexity index is 1870. The Balaban J connectivity index is 5.22. The highest BCUT2D eigenvalue weighted by Gasteiger charge is 2.30. The molecule has 0 spiro atoms. The lowest BCUT2D eigenvalue weighted by molar-refractivity contribution is -0.161. The van der Waals surface area contributed by atoms with E-state index in [1.54, 1.807) is 0 Å². The second-order valence-corrected chi connectivity index (χ2v) is 32.0. The smallest absolute Gasteiger partial charge is 0.462 e. The van der Waals surface area contributed by atoms with Gasteiger partial charge in [0, 0.05) is 25.7 Å². The monoisotopic (exact) mass is 1420 g/mol. The molecule has 0 aliphatic rings. The lowest BCUT2D eigenvalue weighted by Crippen LogP contribution is -2.30. The Kier molecular flexibility index (Phi) is 68.4. The Hall–Kier alpha value is -1.94. The molecule has 0 fully saturated rings. The van der Waals surface area contributed by atoms with Crippen LogP contribution in [0, 0.1) is 11.8 Å². The van der Waals surface area contributed by atoms with Gasteiger partial charge in [0.1, 0.15) is 19.3 Å². The number of esters is 4. The fraction of sp³-hybridized carbons (Fsp3) is 0.949. The average molecular weight is 1420 g/mol. The van der Waals surface area contributed by atoms with E-state index in [2.05, 4.69) is 41.5 Å². The third kappa shape index (κ3) is 72.2. The molecule has 0 radical (unpaired) electrons. The van der Waals surface area contributed by atoms with Crippen LogP contribution in [0.1, 0.15) is 408 Å². The van der Waals surface area contributed by atoms with Gasteiger partial charge in [-0.2, -0.15) is 0 Å². The lowest BCUT2D eigenvalue weighted by Gasteiger charge is -2.21. The van der Waals surface area contributed by atoms with Crippen molar-refractivity contribution in [3.63, 3.8) is 0 Å². The van der Waals surface area contributed by atoms with Gasteiger partial charge in [-0.3, -0.25) is 37.3 Å². The summed E-state index contributed by atoms with van der Waals surface area (Å²) < 4.78 is 68.6. The number of phosphoric acid groups is 2. The molecule has 0 aromatic rings. The maximum absolute atomic E-state index is 13.1. The predicted molar refractivity (Wildman–Crippen MR) is 395 cm³/mol. The summed E-state index contributed by atoms with van der Waals surface area (Å²) in [5.74, 6) is -0.700. The Labute approximate surface area is 594 Å². The maximum atomic E-state index is 13.1. The molecule has 5 atom stereocenters. The van der Waals surface area contributed by atoms with Crippen molar-refractivity contribution in [3.8, 4) is 0 Å². The van der Waals surface area contributed by atoms with E-state index in [0.717, 1.165) is 102 Å². The number of carbonyl (C=O) groups is 4. The lowest BCUT2D eigenvalue weighted by atomic mass is 10.0. The van der Waals surface area contributed by atoms with Crippen LogP contribution in [-0.4, -0.2) is 96.7 Å². The quantitative estimate of drug-likeness (QED) is 0.0222. The van der Waals surface area contributed by atoms with Crippen molar-refractivity contribution >= 4 is 39.5 Å². The van der Waals surface area contributed by atoms with E-state index in [4.69, 9.17) is 37.0 Å². The average Bonchev–Trinajstić information content (AvgIpc) is 1.62. The summed E-state index contributed by atoms with van der Waals surface area (Å²) in [7, 11) is -9.91. The van der Waals surface area contributed by atoms with Crippen LogP contribution in [0.4, 0.5) is 0 Å². The molecule has 0 rings (SSSR count). The summed E-state index contributed by atoms with van der Waals surface area (Å²) in [4.78, 5) is 72.8. The minimum atomic E-state index is -4.96. The fourth-order valence-corrected chi connectivity index (χ4v) is 13.6. The van der Waals surface area contributed by atoms with Crippen molar-refractivity contribution < 1.29 is 80.2 Å². The first kappa shape index (κ1) is 95.1. The molecule has 3 N–H and O–H groups in total. The minimum Gasteiger partial charge on any atom is -0.462 e.